The minimum Gasteiger partial charge on any atom is -0.496 e. The summed E-state index contributed by atoms with van der Waals surface area (Å²) in [5, 5.41) is 12.8. The fourth-order valence-corrected chi connectivity index (χ4v) is 5.25. The molecule has 0 aliphatic heterocycles. The maximum absolute atomic E-state index is 13.7. The summed E-state index contributed by atoms with van der Waals surface area (Å²) in [7, 11) is 2.82. The molecule has 1 aliphatic rings. The molecule has 40 heavy (non-hydrogen) atoms. The molecule has 2 N–H and O–H groups in total. The maximum atomic E-state index is 13.7. The summed E-state index contributed by atoms with van der Waals surface area (Å²) < 4.78 is 22.3. The Morgan fingerprint density at radius 1 is 1.18 bits per heavy atom. The van der Waals surface area contributed by atoms with Gasteiger partial charge in [0.1, 0.15) is 16.9 Å². The van der Waals surface area contributed by atoms with E-state index in [1.807, 2.05) is 37.3 Å². The van der Waals surface area contributed by atoms with Gasteiger partial charge in [0.2, 0.25) is 0 Å². The summed E-state index contributed by atoms with van der Waals surface area (Å²) in [4.78, 5) is 39.7. The number of Topliss-reactive ketones (excluding diaryl/α,β-unsaturated/α-hetero) is 1. The number of nitrogens with zero attached hydrogens (tertiary/aromatic N) is 1. The van der Waals surface area contributed by atoms with Gasteiger partial charge in [-0.1, -0.05) is 41.9 Å². The van der Waals surface area contributed by atoms with Gasteiger partial charge in [-0.2, -0.15) is 0 Å². The number of carboxylic acids is 1. The third-order valence-corrected chi connectivity index (χ3v) is 7.46. The van der Waals surface area contributed by atoms with Gasteiger partial charge >= 0.3 is 12.0 Å². The van der Waals surface area contributed by atoms with Crippen LogP contribution in [-0.2, 0) is 20.9 Å². The van der Waals surface area contributed by atoms with Crippen LogP contribution in [0.15, 0.2) is 36.4 Å². The molecule has 2 aromatic rings. The molecule has 0 spiro atoms. The first-order valence-corrected chi connectivity index (χ1v) is 13.5. The van der Waals surface area contributed by atoms with E-state index in [2.05, 4.69) is 5.32 Å². The number of hydrogen-bond donors (Lipinski definition) is 2. The summed E-state index contributed by atoms with van der Waals surface area (Å²) in [5.41, 5.74) is 0.181. The topological polar surface area (TPSA) is 124 Å². The average molecular weight is 577 g/mol. The third kappa shape index (κ3) is 6.86. The van der Waals surface area contributed by atoms with E-state index in [0.717, 1.165) is 5.56 Å². The normalized spacial score (nSPS) is 18.8. The second-order valence-electron chi connectivity index (χ2n) is 9.66. The molecule has 3 rings (SSSR count). The molecule has 2 amide bonds. The van der Waals surface area contributed by atoms with Gasteiger partial charge in [0.05, 0.1) is 44.6 Å². The molecule has 2 aromatic carbocycles. The van der Waals surface area contributed by atoms with Crippen LogP contribution in [0.5, 0.6) is 11.5 Å². The summed E-state index contributed by atoms with van der Waals surface area (Å²) >= 11 is 6.71. The van der Waals surface area contributed by atoms with E-state index in [9.17, 15) is 19.5 Å². The Balaban J connectivity index is 1.90. The van der Waals surface area contributed by atoms with Crippen molar-refractivity contribution in [3.05, 3.63) is 58.1 Å². The standard InChI is InChI=1S/C29H37ClN2O8/c1-6-40-21-15-29(16-21,27(34)35)31-28(36)32(12-13-39-17-20-10-8-7-9-11-20)18(2)22-14-23(37-4)24(19(3)33)26(38-5)25(22)30/h7-11,14,18,21H,6,12-13,15-17H2,1-5H3,(H,31,36)(H,34,35)/t18-,21-,29-/m1/s1. The number of amides is 2. The first-order chi connectivity index (χ1) is 19.1. The lowest BCUT2D eigenvalue weighted by molar-refractivity contribution is -0.156. The van der Waals surface area contributed by atoms with Crippen molar-refractivity contribution >= 4 is 29.4 Å². The molecule has 10 nitrogen and oxygen atoms in total. The molecule has 0 unspecified atom stereocenters. The summed E-state index contributed by atoms with van der Waals surface area (Å²) in [5.74, 6) is -1.04. The van der Waals surface area contributed by atoms with E-state index in [-0.39, 0.29) is 60.0 Å². The lowest BCUT2D eigenvalue weighted by atomic mass is 9.74. The van der Waals surface area contributed by atoms with E-state index in [1.54, 1.807) is 13.0 Å². The minimum absolute atomic E-state index is 0.125. The van der Waals surface area contributed by atoms with Crippen LogP contribution in [0.3, 0.4) is 0 Å². The molecule has 1 aliphatic carbocycles. The van der Waals surface area contributed by atoms with Gasteiger partial charge in [-0.15, -0.1) is 0 Å². The van der Waals surface area contributed by atoms with Crippen LogP contribution < -0.4 is 14.8 Å². The summed E-state index contributed by atoms with van der Waals surface area (Å²) in [6.07, 6.45) is 0.0675. The van der Waals surface area contributed by atoms with Crippen molar-refractivity contribution in [3.63, 3.8) is 0 Å². The molecule has 218 valence electrons. The van der Waals surface area contributed by atoms with Gasteiger partial charge in [0.15, 0.2) is 11.5 Å². The predicted octanol–water partition coefficient (Wildman–Crippen LogP) is 4.87. The molecule has 0 aromatic heterocycles. The number of carboxylic acid groups (broad SMARTS) is 1. The number of aliphatic carboxylic acids is 1. The van der Waals surface area contributed by atoms with Crippen LogP contribution in [0.25, 0.3) is 0 Å². The fourth-order valence-electron chi connectivity index (χ4n) is 4.86. The maximum Gasteiger partial charge on any atom is 0.329 e. The highest BCUT2D eigenvalue weighted by atomic mass is 35.5. The number of carbonyl (C=O) groups excluding carboxylic acids is 2. The first kappa shape index (κ1) is 31.2. The van der Waals surface area contributed by atoms with Crippen molar-refractivity contribution in [2.45, 2.75) is 57.9 Å². The van der Waals surface area contributed by atoms with Crippen molar-refractivity contribution < 1.29 is 38.4 Å². The number of benzene rings is 2. The van der Waals surface area contributed by atoms with E-state index in [4.69, 9.17) is 30.5 Å². The number of ketones is 1. The quantitative estimate of drug-likeness (QED) is 0.241. The number of urea groups is 1. The van der Waals surface area contributed by atoms with E-state index in [1.165, 1.54) is 26.0 Å². The first-order valence-electron chi connectivity index (χ1n) is 13.1. The summed E-state index contributed by atoms with van der Waals surface area (Å²) in [6.45, 7) is 6.06. The molecule has 0 saturated heterocycles. The van der Waals surface area contributed by atoms with Crippen molar-refractivity contribution in [1.82, 2.24) is 10.2 Å². The lowest BCUT2D eigenvalue weighted by Gasteiger charge is -2.45. The Morgan fingerprint density at radius 3 is 2.40 bits per heavy atom. The van der Waals surface area contributed by atoms with Crippen LogP contribution in [0.1, 0.15) is 61.1 Å². The number of ether oxygens (including phenoxy) is 4. The van der Waals surface area contributed by atoms with Crippen LogP contribution in [0, 0.1) is 0 Å². The second-order valence-corrected chi connectivity index (χ2v) is 10.0. The predicted molar refractivity (Wildman–Crippen MR) is 149 cm³/mol. The van der Waals surface area contributed by atoms with E-state index in [0.29, 0.717) is 18.8 Å². The summed E-state index contributed by atoms with van der Waals surface area (Å²) in [6, 6.07) is 9.92. The van der Waals surface area contributed by atoms with Gasteiger partial charge in [0.25, 0.3) is 0 Å². The Bertz CT molecular complexity index is 1200. The van der Waals surface area contributed by atoms with Crippen LogP contribution in [0.2, 0.25) is 5.02 Å². The molecule has 11 heteroatoms. The molecule has 0 radical (unpaired) electrons. The van der Waals surface area contributed by atoms with Crippen molar-refractivity contribution in [2.75, 3.05) is 34.0 Å². The smallest absolute Gasteiger partial charge is 0.329 e. The van der Waals surface area contributed by atoms with Gasteiger partial charge in [-0.25, -0.2) is 9.59 Å². The zero-order valence-electron chi connectivity index (χ0n) is 23.5. The second kappa shape index (κ2) is 13.8. The number of carbonyl (C=O) groups is 3. The van der Waals surface area contributed by atoms with Crippen LogP contribution in [-0.4, -0.2) is 73.4 Å². The Labute approximate surface area is 239 Å². The number of hydrogen-bond acceptors (Lipinski definition) is 7. The number of rotatable bonds is 14. The van der Waals surface area contributed by atoms with Crippen molar-refractivity contribution in [3.8, 4) is 11.5 Å². The molecular formula is C29H37ClN2O8. The molecule has 1 atom stereocenters. The van der Waals surface area contributed by atoms with Crippen LogP contribution in [0.4, 0.5) is 4.79 Å². The monoisotopic (exact) mass is 576 g/mol. The minimum atomic E-state index is -1.45. The van der Waals surface area contributed by atoms with Gasteiger partial charge in [-0.05, 0) is 32.4 Å². The van der Waals surface area contributed by atoms with E-state index >= 15 is 0 Å². The lowest BCUT2D eigenvalue weighted by Crippen LogP contribution is -2.66. The largest absolute Gasteiger partial charge is 0.496 e. The highest BCUT2D eigenvalue weighted by Gasteiger charge is 2.53. The van der Waals surface area contributed by atoms with Crippen molar-refractivity contribution in [1.29, 1.82) is 0 Å². The highest BCUT2D eigenvalue weighted by molar-refractivity contribution is 6.33. The van der Waals surface area contributed by atoms with E-state index < -0.39 is 23.6 Å². The van der Waals surface area contributed by atoms with Crippen LogP contribution >= 0.6 is 11.6 Å². The van der Waals surface area contributed by atoms with Crippen molar-refractivity contribution in [2.24, 2.45) is 0 Å². The molecule has 1 fully saturated rings. The zero-order valence-corrected chi connectivity index (χ0v) is 24.2. The molecular weight excluding hydrogens is 540 g/mol. The van der Waals surface area contributed by atoms with Gasteiger partial charge < -0.3 is 34.3 Å². The Kier molecular flexibility index (Phi) is 10.8. The average Bonchev–Trinajstić information content (AvgIpc) is 2.91. The molecule has 0 heterocycles. The van der Waals surface area contributed by atoms with Gasteiger partial charge in [0, 0.05) is 31.6 Å². The number of methoxy groups -OCH3 is 2. The number of nitrogens with one attached hydrogen (secondary N) is 1. The molecule has 0 bridgehead atoms. The molecule has 1 saturated carbocycles. The number of halogens is 1. The Hall–Kier alpha value is -3.34. The van der Waals surface area contributed by atoms with Gasteiger partial charge in [-0.3, -0.25) is 4.79 Å². The SMILES string of the molecule is CCO[C@H]1C[C@@](NC(=O)N(CCOCc2ccccc2)[C@H](C)c2cc(OC)c(C(C)=O)c(OC)c2Cl)(C(=O)O)C1. The zero-order chi connectivity index (χ0) is 29.4. The Morgan fingerprint density at radius 2 is 1.85 bits per heavy atom. The fraction of sp³-hybridized carbons (Fsp3) is 0.483. The highest BCUT2D eigenvalue weighted by Crippen LogP contribution is 2.43. The third-order valence-electron chi connectivity index (χ3n) is 7.07.